The molecule has 1 heterocycles. The van der Waals surface area contributed by atoms with Crippen molar-refractivity contribution in [2.45, 2.75) is 32.6 Å². The number of nitrogens with zero attached hydrogens (tertiary/aromatic N) is 1. The van der Waals surface area contributed by atoms with E-state index in [-0.39, 0.29) is 12.0 Å². The molecule has 0 aromatic carbocycles. The summed E-state index contributed by atoms with van der Waals surface area (Å²) < 4.78 is 5.09. The zero-order valence-corrected chi connectivity index (χ0v) is 9.28. The predicted molar refractivity (Wildman–Crippen MR) is 56.6 cm³/mol. The van der Waals surface area contributed by atoms with Gasteiger partial charge in [0.2, 0.25) is 0 Å². The van der Waals surface area contributed by atoms with E-state index in [4.69, 9.17) is 4.74 Å². The lowest BCUT2D eigenvalue weighted by atomic mass is 10.0. The molecule has 4 nitrogen and oxygen atoms in total. The monoisotopic (exact) mass is 213 g/mol. The van der Waals surface area contributed by atoms with Crippen molar-refractivity contribution >= 4 is 12.4 Å². The van der Waals surface area contributed by atoms with Crippen LogP contribution >= 0.6 is 0 Å². The summed E-state index contributed by atoms with van der Waals surface area (Å²) in [5.41, 5.74) is 0. The van der Waals surface area contributed by atoms with Gasteiger partial charge in [0.1, 0.15) is 6.29 Å². The number of unbranched alkanes of at least 4 members (excludes halogenated alkanes) is 1. The minimum Gasteiger partial charge on any atom is -0.449 e. The van der Waals surface area contributed by atoms with Gasteiger partial charge < -0.3 is 14.4 Å². The van der Waals surface area contributed by atoms with E-state index in [2.05, 4.69) is 6.92 Å². The van der Waals surface area contributed by atoms with Gasteiger partial charge >= 0.3 is 6.09 Å². The van der Waals surface area contributed by atoms with Crippen LogP contribution in [-0.2, 0) is 9.53 Å². The number of aldehydes is 1. The number of rotatable bonds is 4. The van der Waals surface area contributed by atoms with E-state index in [9.17, 15) is 9.59 Å². The first-order valence-electron chi connectivity index (χ1n) is 5.65. The summed E-state index contributed by atoms with van der Waals surface area (Å²) in [6, 6.07) is 0. The van der Waals surface area contributed by atoms with Crippen molar-refractivity contribution < 1.29 is 14.3 Å². The van der Waals surface area contributed by atoms with Gasteiger partial charge in [-0.15, -0.1) is 0 Å². The van der Waals surface area contributed by atoms with Crippen LogP contribution in [0.25, 0.3) is 0 Å². The standard InChI is InChI=1S/C11H19NO3/c1-2-3-7-15-11(14)12-6-4-5-10(8-12)9-13/h9-10H,2-8H2,1H3. The molecule has 0 spiro atoms. The van der Waals surface area contributed by atoms with Crippen molar-refractivity contribution in [3.05, 3.63) is 0 Å². The zero-order valence-electron chi connectivity index (χ0n) is 9.28. The molecule has 0 bridgehead atoms. The van der Waals surface area contributed by atoms with Crippen LogP contribution in [0.15, 0.2) is 0 Å². The number of ether oxygens (including phenoxy) is 1. The van der Waals surface area contributed by atoms with Crippen LogP contribution in [0.5, 0.6) is 0 Å². The average molecular weight is 213 g/mol. The maximum absolute atomic E-state index is 11.5. The first-order chi connectivity index (χ1) is 7.27. The molecule has 1 amide bonds. The molecule has 4 heteroatoms. The minimum absolute atomic E-state index is 0.00234. The van der Waals surface area contributed by atoms with Gasteiger partial charge in [-0.3, -0.25) is 0 Å². The van der Waals surface area contributed by atoms with Crippen LogP contribution in [0.3, 0.4) is 0 Å². The van der Waals surface area contributed by atoms with Gasteiger partial charge in [-0.1, -0.05) is 13.3 Å². The average Bonchev–Trinajstić information content (AvgIpc) is 2.29. The van der Waals surface area contributed by atoms with Crippen molar-refractivity contribution in [1.29, 1.82) is 0 Å². The highest BCUT2D eigenvalue weighted by molar-refractivity contribution is 5.68. The van der Waals surface area contributed by atoms with Gasteiger partial charge in [0.05, 0.1) is 6.61 Å². The molecule has 1 saturated heterocycles. The van der Waals surface area contributed by atoms with Gasteiger partial charge in [-0.05, 0) is 19.3 Å². The number of hydrogen-bond acceptors (Lipinski definition) is 3. The molecule has 0 aromatic rings. The number of piperidine rings is 1. The molecule has 1 fully saturated rings. The highest BCUT2D eigenvalue weighted by Crippen LogP contribution is 2.15. The molecule has 1 aliphatic heterocycles. The number of likely N-dealkylation sites (tertiary alicyclic amines) is 1. The summed E-state index contributed by atoms with van der Waals surface area (Å²) in [5.74, 6) is -0.00234. The molecule has 0 radical (unpaired) electrons. The van der Waals surface area contributed by atoms with Crippen LogP contribution in [0.4, 0.5) is 4.79 Å². The highest BCUT2D eigenvalue weighted by Gasteiger charge is 2.23. The fraction of sp³-hybridized carbons (Fsp3) is 0.818. The van der Waals surface area contributed by atoms with Crippen LogP contribution in [0, 0.1) is 5.92 Å². The lowest BCUT2D eigenvalue weighted by molar-refractivity contribution is -0.112. The maximum Gasteiger partial charge on any atom is 0.409 e. The molecule has 1 unspecified atom stereocenters. The van der Waals surface area contributed by atoms with E-state index < -0.39 is 0 Å². The molecule has 86 valence electrons. The van der Waals surface area contributed by atoms with Crippen LogP contribution in [0.1, 0.15) is 32.6 Å². The van der Waals surface area contributed by atoms with Crippen molar-refractivity contribution in [3.63, 3.8) is 0 Å². The molecular weight excluding hydrogens is 194 g/mol. The Labute approximate surface area is 90.6 Å². The summed E-state index contributed by atoms with van der Waals surface area (Å²) >= 11 is 0. The zero-order chi connectivity index (χ0) is 11.1. The number of carbonyl (C=O) groups is 2. The lowest BCUT2D eigenvalue weighted by Gasteiger charge is -2.29. The number of amides is 1. The Kier molecular flexibility index (Phi) is 5.15. The second kappa shape index (κ2) is 6.43. The Morgan fingerprint density at radius 1 is 1.60 bits per heavy atom. The second-order valence-corrected chi connectivity index (χ2v) is 3.95. The molecule has 0 saturated carbocycles. The molecule has 1 atom stereocenters. The third-order valence-electron chi connectivity index (χ3n) is 2.63. The first kappa shape index (κ1) is 12.0. The molecule has 0 aliphatic carbocycles. The lowest BCUT2D eigenvalue weighted by Crippen LogP contribution is -2.40. The van der Waals surface area contributed by atoms with Crippen LogP contribution in [-0.4, -0.2) is 37.0 Å². The van der Waals surface area contributed by atoms with E-state index >= 15 is 0 Å². The Morgan fingerprint density at radius 3 is 3.07 bits per heavy atom. The fourth-order valence-electron chi connectivity index (χ4n) is 1.68. The van der Waals surface area contributed by atoms with E-state index in [0.29, 0.717) is 13.2 Å². The molecular formula is C11H19NO3. The summed E-state index contributed by atoms with van der Waals surface area (Å²) in [7, 11) is 0. The van der Waals surface area contributed by atoms with Crippen LogP contribution in [0.2, 0.25) is 0 Å². The number of hydrogen-bond donors (Lipinski definition) is 0. The second-order valence-electron chi connectivity index (χ2n) is 3.95. The van der Waals surface area contributed by atoms with Crippen molar-refractivity contribution in [2.75, 3.05) is 19.7 Å². The van der Waals surface area contributed by atoms with E-state index in [1.165, 1.54) is 0 Å². The normalized spacial score (nSPS) is 21.1. The van der Waals surface area contributed by atoms with Gasteiger partial charge in [0, 0.05) is 19.0 Å². The molecule has 1 rings (SSSR count). The van der Waals surface area contributed by atoms with Gasteiger partial charge in [-0.25, -0.2) is 4.79 Å². The van der Waals surface area contributed by atoms with E-state index in [1.54, 1.807) is 4.90 Å². The Hall–Kier alpha value is -1.06. The first-order valence-corrected chi connectivity index (χ1v) is 5.65. The summed E-state index contributed by atoms with van der Waals surface area (Å²) in [6.45, 7) is 3.78. The quantitative estimate of drug-likeness (QED) is 0.528. The Balaban J connectivity index is 2.28. The maximum atomic E-state index is 11.5. The topological polar surface area (TPSA) is 46.6 Å². The highest BCUT2D eigenvalue weighted by atomic mass is 16.6. The Morgan fingerprint density at radius 2 is 2.40 bits per heavy atom. The van der Waals surface area contributed by atoms with Gasteiger partial charge in [0.15, 0.2) is 0 Å². The smallest absolute Gasteiger partial charge is 0.409 e. The third kappa shape index (κ3) is 3.90. The van der Waals surface area contributed by atoms with Crippen LogP contribution < -0.4 is 0 Å². The summed E-state index contributed by atoms with van der Waals surface area (Å²) in [5, 5.41) is 0. The largest absolute Gasteiger partial charge is 0.449 e. The van der Waals surface area contributed by atoms with Gasteiger partial charge in [-0.2, -0.15) is 0 Å². The summed E-state index contributed by atoms with van der Waals surface area (Å²) in [4.78, 5) is 23.8. The van der Waals surface area contributed by atoms with Crippen molar-refractivity contribution in [1.82, 2.24) is 4.90 Å². The third-order valence-corrected chi connectivity index (χ3v) is 2.63. The number of carbonyl (C=O) groups excluding carboxylic acids is 2. The van der Waals surface area contributed by atoms with E-state index in [1.807, 2.05) is 0 Å². The van der Waals surface area contributed by atoms with Crippen molar-refractivity contribution in [2.24, 2.45) is 5.92 Å². The molecule has 15 heavy (non-hydrogen) atoms. The SMILES string of the molecule is CCCCOC(=O)N1CCCC(C=O)C1. The molecule has 0 N–H and O–H groups in total. The molecule has 0 aromatic heterocycles. The minimum atomic E-state index is -0.269. The van der Waals surface area contributed by atoms with Crippen molar-refractivity contribution in [3.8, 4) is 0 Å². The summed E-state index contributed by atoms with van der Waals surface area (Å²) in [6.07, 6.45) is 4.37. The predicted octanol–water partition coefficient (Wildman–Crippen LogP) is 1.83. The van der Waals surface area contributed by atoms with E-state index in [0.717, 1.165) is 38.5 Å². The fourth-order valence-corrected chi connectivity index (χ4v) is 1.68. The van der Waals surface area contributed by atoms with Gasteiger partial charge in [0.25, 0.3) is 0 Å². The molecule has 1 aliphatic rings. The Bertz CT molecular complexity index is 218.